The molecule has 1 aromatic carbocycles. The molecule has 2 saturated heterocycles. The third kappa shape index (κ3) is 3.01. The summed E-state index contributed by atoms with van der Waals surface area (Å²) in [5, 5.41) is 14.0. The van der Waals surface area contributed by atoms with Crippen LogP contribution < -0.4 is 10.1 Å². The molecular formula is C17H26N2O2. The van der Waals surface area contributed by atoms with Gasteiger partial charge in [0, 0.05) is 30.2 Å². The molecule has 3 rings (SSSR count). The molecule has 2 aliphatic heterocycles. The molecule has 116 valence electrons. The Bertz CT molecular complexity index is 480. The summed E-state index contributed by atoms with van der Waals surface area (Å²) in [7, 11) is 1.60. The minimum Gasteiger partial charge on any atom is -0.504 e. The topological polar surface area (TPSA) is 44.7 Å². The Morgan fingerprint density at radius 1 is 1.29 bits per heavy atom. The molecule has 0 aliphatic carbocycles. The summed E-state index contributed by atoms with van der Waals surface area (Å²) in [5.41, 5.74) is 0.960. The second kappa shape index (κ2) is 6.24. The lowest BCUT2D eigenvalue weighted by Gasteiger charge is -2.37. The van der Waals surface area contributed by atoms with Crippen LogP contribution in [0.3, 0.4) is 0 Å². The van der Waals surface area contributed by atoms with Gasteiger partial charge in [-0.2, -0.15) is 0 Å². The molecule has 21 heavy (non-hydrogen) atoms. The molecule has 4 heteroatoms. The van der Waals surface area contributed by atoms with Crippen molar-refractivity contribution < 1.29 is 9.84 Å². The lowest BCUT2D eigenvalue weighted by molar-refractivity contribution is 0.139. The van der Waals surface area contributed by atoms with E-state index in [1.807, 2.05) is 12.1 Å². The molecule has 2 atom stereocenters. The molecule has 0 spiro atoms. The van der Waals surface area contributed by atoms with Crippen LogP contribution in [0.4, 0.5) is 0 Å². The first kappa shape index (κ1) is 14.7. The fraction of sp³-hybridized carbons (Fsp3) is 0.647. The maximum Gasteiger partial charge on any atom is 0.162 e. The molecule has 2 heterocycles. The number of rotatable bonds is 5. The van der Waals surface area contributed by atoms with Crippen LogP contribution in [-0.4, -0.2) is 41.8 Å². The van der Waals surface area contributed by atoms with Crippen molar-refractivity contribution in [3.05, 3.63) is 23.8 Å². The number of methoxy groups -OCH3 is 1. The zero-order valence-corrected chi connectivity index (χ0v) is 13.0. The molecule has 2 aliphatic rings. The largest absolute Gasteiger partial charge is 0.504 e. The zero-order valence-electron chi connectivity index (χ0n) is 13.0. The lowest BCUT2D eigenvalue weighted by atomic mass is 9.97. The van der Waals surface area contributed by atoms with Gasteiger partial charge >= 0.3 is 0 Å². The molecule has 2 bridgehead atoms. The summed E-state index contributed by atoms with van der Waals surface area (Å²) in [5.74, 6) is 0.851. The first-order valence-corrected chi connectivity index (χ1v) is 8.06. The van der Waals surface area contributed by atoms with Gasteiger partial charge in [-0.25, -0.2) is 0 Å². The highest BCUT2D eigenvalue weighted by molar-refractivity contribution is 5.45. The van der Waals surface area contributed by atoms with Crippen molar-refractivity contribution in [1.29, 1.82) is 0 Å². The monoisotopic (exact) mass is 290 g/mol. The highest BCUT2D eigenvalue weighted by atomic mass is 16.5. The second-order valence-corrected chi connectivity index (χ2v) is 6.29. The molecule has 2 fully saturated rings. The Hall–Kier alpha value is -1.26. The number of para-hydroxylation sites is 1. The number of hydrogen-bond acceptors (Lipinski definition) is 4. The highest BCUT2D eigenvalue weighted by Gasteiger charge is 2.35. The van der Waals surface area contributed by atoms with E-state index >= 15 is 0 Å². The molecule has 2 unspecified atom stereocenters. The average Bonchev–Trinajstić information content (AvgIpc) is 2.84. The quantitative estimate of drug-likeness (QED) is 0.874. The highest BCUT2D eigenvalue weighted by Crippen LogP contribution is 2.33. The third-order valence-corrected chi connectivity index (χ3v) is 5.05. The van der Waals surface area contributed by atoms with Crippen LogP contribution in [0.1, 0.15) is 38.2 Å². The van der Waals surface area contributed by atoms with Gasteiger partial charge < -0.3 is 15.2 Å². The predicted molar refractivity (Wildman–Crippen MR) is 83.7 cm³/mol. The van der Waals surface area contributed by atoms with E-state index in [9.17, 15) is 5.11 Å². The predicted octanol–water partition coefficient (Wildman–Crippen LogP) is 2.51. The molecular weight excluding hydrogens is 264 g/mol. The van der Waals surface area contributed by atoms with Crippen LogP contribution >= 0.6 is 0 Å². The van der Waals surface area contributed by atoms with Crippen molar-refractivity contribution >= 4 is 0 Å². The van der Waals surface area contributed by atoms with Crippen molar-refractivity contribution in [2.45, 2.75) is 57.3 Å². The van der Waals surface area contributed by atoms with Gasteiger partial charge in [0.1, 0.15) is 0 Å². The maximum absolute atomic E-state index is 10.3. The standard InChI is InChI=1S/C17H26N2O2/c1-3-19(15-9-13-7-8-14(10-15)18-13)11-12-5-4-6-16(21-2)17(12)20/h4-6,13-15,18,20H,3,7-11H2,1-2H3. The number of phenolic OH excluding ortho intramolecular Hbond substituents is 1. The van der Waals surface area contributed by atoms with Gasteiger partial charge in [0.2, 0.25) is 0 Å². The van der Waals surface area contributed by atoms with Gasteiger partial charge in [-0.15, -0.1) is 0 Å². The number of benzene rings is 1. The minimum atomic E-state index is 0.287. The molecule has 0 saturated carbocycles. The number of phenols is 1. The van der Waals surface area contributed by atoms with E-state index in [-0.39, 0.29) is 5.75 Å². The number of aromatic hydroxyl groups is 1. The first-order chi connectivity index (χ1) is 10.2. The minimum absolute atomic E-state index is 0.287. The van der Waals surface area contributed by atoms with Crippen molar-refractivity contribution in [3.8, 4) is 11.5 Å². The fourth-order valence-corrected chi connectivity index (χ4v) is 3.90. The van der Waals surface area contributed by atoms with Crippen molar-refractivity contribution in [3.63, 3.8) is 0 Å². The SMILES string of the molecule is CCN(Cc1cccc(OC)c1O)C1CC2CCC(C1)N2. The van der Waals surface area contributed by atoms with Gasteiger partial charge in [-0.1, -0.05) is 19.1 Å². The van der Waals surface area contributed by atoms with E-state index in [2.05, 4.69) is 17.1 Å². The van der Waals surface area contributed by atoms with E-state index in [1.54, 1.807) is 13.2 Å². The molecule has 0 aromatic heterocycles. The number of fused-ring (bicyclic) bond motifs is 2. The van der Waals surface area contributed by atoms with Crippen LogP contribution in [0.25, 0.3) is 0 Å². The second-order valence-electron chi connectivity index (χ2n) is 6.29. The van der Waals surface area contributed by atoms with Crippen LogP contribution in [0.2, 0.25) is 0 Å². The summed E-state index contributed by atoms with van der Waals surface area (Å²) < 4.78 is 5.21. The Labute approximate surface area is 127 Å². The zero-order chi connectivity index (χ0) is 14.8. The summed E-state index contributed by atoms with van der Waals surface area (Å²) in [4.78, 5) is 2.50. The number of nitrogens with zero attached hydrogens (tertiary/aromatic N) is 1. The number of ether oxygens (including phenoxy) is 1. The van der Waals surface area contributed by atoms with Gasteiger partial charge in [-0.05, 0) is 38.3 Å². The van der Waals surface area contributed by atoms with Crippen LogP contribution in [0, 0.1) is 0 Å². The molecule has 4 nitrogen and oxygen atoms in total. The van der Waals surface area contributed by atoms with Crippen LogP contribution in [0.5, 0.6) is 11.5 Å². The fourth-order valence-electron chi connectivity index (χ4n) is 3.90. The number of hydrogen-bond donors (Lipinski definition) is 2. The smallest absolute Gasteiger partial charge is 0.162 e. The lowest BCUT2D eigenvalue weighted by Crippen LogP contribution is -2.47. The van der Waals surface area contributed by atoms with Gasteiger partial charge in [0.15, 0.2) is 11.5 Å². The van der Waals surface area contributed by atoms with Gasteiger partial charge in [0.05, 0.1) is 7.11 Å². The van der Waals surface area contributed by atoms with Crippen LogP contribution in [-0.2, 0) is 6.54 Å². The first-order valence-electron chi connectivity index (χ1n) is 8.06. The van der Waals surface area contributed by atoms with E-state index in [0.717, 1.165) is 18.7 Å². The Kier molecular flexibility index (Phi) is 4.36. The number of piperidine rings is 1. The van der Waals surface area contributed by atoms with Gasteiger partial charge in [-0.3, -0.25) is 4.90 Å². The summed E-state index contributed by atoms with van der Waals surface area (Å²) >= 11 is 0. The molecule has 0 amide bonds. The normalized spacial score (nSPS) is 28.0. The summed E-state index contributed by atoms with van der Waals surface area (Å²) in [6.07, 6.45) is 5.11. The van der Waals surface area contributed by atoms with E-state index < -0.39 is 0 Å². The molecule has 0 radical (unpaired) electrons. The molecule has 1 aromatic rings. The Morgan fingerprint density at radius 2 is 2.00 bits per heavy atom. The number of nitrogens with one attached hydrogen (secondary N) is 1. The maximum atomic E-state index is 10.3. The summed E-state index contributed by atoms with van der Waals surface area (Å²) in [6.45, 7) is 4.02. The summed E-state index contributed by atoms with van der Waals surface area (Å²) in [6, 6.07) is 7.77. The van der Waals surface area contributed by atoms with Crippen molar-refractivity contribution in [2.24, 2.45) is 0 Å². The van der Waals surface area contributed by atoms with E-state index in [1.165, 1.54) is 25.7 Å². The van der Waals surface area contributed by atoms with Crippen LogP contribution in [0.15, 0.2) is 18.2 Å². The Balaban J connectivity index is 1.72. The van der Waals surface area contributed by atoms with Crippen molar-refractivity contribution in [1.82, 2.24) is 10.2 Å². The van der Waals surface area contributed by atoms with Crippen molar-refractivity contribution in [2.75, 3.05) is 13.7 Å². The average molecular weight is 290 g/mol. The van der Waals surface area contributed by atoms with E-state index in [4.69, 9.17) is 4.74 Å². The van der Waals surface area contributed by atoms with Gasteiger partial charge in [0.25, 0.3) is 0 Å². The third-order valence-electron chi connectivity index (χ3n) is 5.05. The van der Waals surface area contributed by atoms with E-state index in [0.29, 0.717) is 23.9 Å². The molecule has 2 N–H and O–H groups in total. The Morgan fingerprint density at radius 3 is 2.62 bits per heavy atom.